The normalized spacial score (nSPS) is 11.9. The number of amides is 2. The number of nitrogens with zero attached hydrogens (tertiary/aromatic N) is 1. The second-order valence-electron chi connectivity index (χ2n) is 7.07. The van der Waals surface area contributed by atoms with Crippen LogP contribution in [-0.2, 0) is 16.1 Å². The van der Waals surface area contributed by atoms with Gasteiger partial charge in [-0.25, -0.2) is 4.79 Å². The van der Waals surface area contributed by atoms with Gasteiger partial charge in [0.2, 0.25) is 5.91 Å². The first-order valence-electron chi connectivity index (χ1n) is 7.31. The van der Waals surface area contributed by atoms with Gasteiger partial charge >= 0.3 is 6.09 Å². The molecular weight excluding hydrogens is 382 g/mol. The summed E-state index contributed by atoms with van der Waals surface area (Å²) >= 11 is 4.72. The molecule has 0 aliphatic rings. The van der Waals surface area contributed by atoms with Crippen LogP contribution in [0.15, 0.2) is 10.7 Å². The Morgan fingerprint density at radius 2 is 1.91 bits per heavy atom. The number of alkyl carbamates (subject to hydrolysis) is 1. The molecule has 2 N–H and O–H groups in total. The summed E-state index contributed by atoms with van der Waals surface area (Å²) in [5.74, 6) is -0.0683. The van der Waals surface area contributed by atoms with E-state index in [0.29, 0.717) is 19.5 Å². The van der Waals surface area contributed by atoms with Crippen molar-refractivity contribution < 1.29 is 14.3 Å². The second-order valence-corrected chi connectivity index (χ2v) is 8.81. The fourth-order valence-electron chi connectivity index (χ4n) is 1.73. The molecule has 6 nitrogen and oxygen atoms in total. The average Bonchev–Trinajstić information content (AvgIpc) is 2.77. The van der Waals surface area contributed by atoms with Gasteiger partial charge < -0.3 is 15.4 Å². The highest BCUT2D eigenvalue weighted by molar-refractivity contribution is 9.10. The van der Waals surface area contributed by atoms with Crippen LogP contribution in [-0.4, -0.2) is 28.5 Å². The summed E-state index contributed by atoms with van der Waals surface area (Å²) in [6.45, 7) is 10.1. The van der Waals surface area contributed by atoms with E-state index in [1.807, 2.05) is 34.6 Å². The molecule has 0 atom stereocenters. The molecule has 0 bridgehead atoms. The van der Waals surface area contributed by atoms with E-state index in [0.717, 1.165) is 9.35 Å². The molecule has 8 heteroatoms. The maximum Gasteiger partial charge on any atom is 0.407 e. The van der Waals surface area contributed by atoms with Crippen molar-refractivity contribution in [2.75, 3.05) is 6.54 Å². The van der Waals surface area contributed by atoms with Gasteiger partial charge in [0.05, 0.1) is 22.1 Å². The standard InChI is InChI=1S/C15H24BrN3O3S/c1-14(2,3)22-13(21)18-9-15(4,5)6-12(20)17-8-11-10(16)7-19-23-11/h7H,6,8-9H2,1-5H3,(H,17,20)(H,18,21). The number of carbonyl (C=O) groups excluding carboxylic acids is 2. The quantitative estimate of drug-likeness (QED) is 0.758. The molecule has 23 heavy (non-hydrogen) atoms. The van der Waals surface area contributed by atoms with Gasteiger partial charge in [-0.3, -0.25) is 4.79 Å². The predicted molar refractivity (Wildman–Crippen MR) is 94.3 cm³/mol. The highest BCUT2D eigenvalue weighted by atomic mass is 79.9. The molecule has 1 heterocycles. The van der Waals surface area contributed by atoms with Crippen LogP contribution in [0.1, 0.15) is 45.9 Å². The highest BCUT2D eigenvalue weighted by Gasteiger charge is 2.24. The van der Waals surface area contributed by atoms with Gasteiger partial charge in [-0.05, 0) is 53.6 Å². The third-order valence-electron chi connectivity index (χ3n) is 2.79. The van der Waals surface area contributed by atoms with Crippen molar-refractivity contribution in [2.24, 2.45) is 5.41 Å². The Morgan fingerprint density at radius 1 is 1.26 bits per heavy atom. The van der Waals surface area contributed by atoms with E-state index in [2.05, 4.69) is 30.9 Å². The molecule has 0 radical (unpaired) electrons. The Morgan fingerprint density at radius 3 is 2.43 bits per heavy atom. The predicted octanol–water partition coefficient (Wildman–Crippen LogP) is 3.46. The number of rotatable bonds is 6. The Labute approximate surface area is 149 Å². The van der Waals surface area contributed by atoms with Crippen molar-refractivity contribution >= 4 is 39.5 Å². The topological polar surface area (TPSA) is 80.3 Å². The molecule has 0 saturated carbocycles. The zero-order chi connectivity index (χ0) is 17.7. The van der Waals surface area contributed by atoms with E-state index in [1.165, 1.54) is 11.5 Å². The van der Waals surface area contributed by atoms with E-state index in [-0.39, 0.29) is 11.3 Å². The monoisotopic (exact) mass is 405 g/mol. The van der Waals surface area contributed by atoms with Crippen molar-refractivity contribution in [1.82, 2.24) is 15.0 Å². The van der Waals surface area contributed by atoms with Crippen LogP contribution in [0.4, 0.5) is 4.79 Å². The van der Waals surface area contributed by atoms with Gasteiger partial charge in [0.15, 0.2) is 0 Å². The van der Waals surface area contributed by atoms with Crippen LogP contribution < -0.4 is 10.6 Å². The maximum absolute atomic E-state index is 12.1. The van der Waals surface area contributed by atoms with Gasteiger partial charge in [0, 0.05) is 13.0 Å². The first-order valence-corrected chi connectivity index (χ1v) is 8.88. The van der Waals surface area contributed by atoms with Gasteiger partial charge in [-0.2, -0.15) is 4.37 Å². The van der Waals surface area contributed by atoms with Crippen molar-refractivity contribution in [2.45, 2.75) is 53.2 Å². The van der Waals surface area contributed by atoms with Crippen molar-refractivity contribution in [1.29, 1.82) is 0 Å². The third kappa shape index (κ3) is 8.31. The third-order valence-corrected chi connectivity index (χ3v) is 4.53. The zero-order valence-corrected chi connectivity index (χ0v) is 16.6. The summed E-state index contributed by atoms with van der Waals surface area (Å²) < 4.78 is 10.1. The Bertz CT molecular complexity index is 552. The minimum atomic E-state index is -0.534. The number of halogens is 1. The summed E-state index contributed by atoms with van der Waals surface area (Å²) in [4.78, 5) is 24.7. The smallest absolute Gasteiger partial charge is 0.407 e. The molecule has 1 aromatic heterocycles. The van der Waals surface area contributed by atoms with E-state index < -0.39 is 11.7 Å². The summed E-state index contributed by atoms with van der Waals surface area (Å²) in [6.07, 6.45) is 1.54. The van der Waals surface area contributed by atoms with Gasteiger partial charge in [-0.1, -0.05) is 13.8 Å². The van der Waals surface area contributed by atoms with Crippen molar-refractivity contribution in [3.8, 4) is 0 Å². The zero-order valence-electron chi connectivity index (χ0n) is 14.2. The minimum Gasteiger partial charge on any atom is -0.444 e. The SMILES string of the molecule is CC(C)(CNC(=O)OC(C)(C)C)CC(=O)NCc1sncc1Br. The van der Waals surface area contributed by atoms with E-state index in [9.17, 15) is 9.59 Å². The number of hydrogen-bond donors (Lipinski definition) is 2. The lowest BCUT2D eigenvalue weighted by Gasteiger charge is -2.26. The molecule has 1 rings (SSSR count). The summed E-state index contributed by atoms with van der Waals surface area (Å²) in [5.41, 5.74) is -0.903. The van der Waals surface area contributed by atoms with Crippen LogP contribution in [0.5, 0.6) is 0 Å². The number of hydrogen-bond acceptors (Lipinski definition) is 5. The van der Waals surface area contributed by atoms with E-state index in [4.69, 9.17) is 4.74 Å². The molecule has 0 aromatic carbocycles. The van der Waals surface area contributed by atoms with Crippen molar-refractivity contribution in [3.63, 3.8) is 0 Å². The molecule has 0 unspecified atom stereocenters. The van der Waals surface area contributed by atoms with Crippen LogP contribution >= 0.6 is 27.5 Å². The second kappa shape index (κ2) is 8.10. The lowest BCUT2D eigenvalue weighted by molar-refractivity contribution is -0.123. The van der Waals surface area contributed by atoms with E-state index in [1.54, 1.807) is 6.20 Å². The van der Waals surface area contributed by atoms with Crippen LogP contribution in [0, 0.1) is 5.41 Å². The van der Waals surface area contributed by atoms with Crippen LogP contribution in [0.3, 0.4) is 0 Å². The van der Waals surface area contributed by atoms with E-state index >= 15 is 0 Å². The van der Waals surface area contributed by atoms with Gasteiger partial charge in [0.1, 0.15) is 5.60 Å². The van der Waals surface area contributed by atoms with Crippen molar-refractivity contribution in [3.05, 3.63) is 15.5 Å². The number of aromatic nitrogens is 1. The molecule has 0 aliphatic heterocycles. The van der Waals surface area contributed by atoms with Crippen LogP contribution in [0.25, 0.3) is 0 Å². The minimum absolute atomic E-state index is 0.0683. The Kier molecular flexibility index (Phi) is 7.01. The average molecular weight is 406 g/mol. The first kappa shape index (κ1) is 19.9. The molecule has 0 spiro atoms. The molecular formula is C15H24BrN3O3S. The Balaban J connectivity index is 2.37. The fourth-order valence-corrected chi connectivity index (χ4v) is 2.89. The highest BCUT2D eigenvalue weighted by Crippen LogP contribution is 2.21. The summed E-state index contributed by atoms with van der Waals surface area (Å²) in [6, 6.07) is 0. The molecule has 1 aromatic rings. The molecule has 130 valence electrons. The molecule has 0 fully saturated rings. The number of ether oxygens (including phenoxy) is 1. The molecule has 0 aliphatic carbocycles. The summed E-state index contributed by atoms with van der Waals surface area (Å²) in [5, 5.41) is 5.57. The first-order chi connectivity index (χ1) is 10.5. The number of nitrogens with one attached hydrogen (secondary N) is 2. The van der Waals surface area contributed by atoms with Gasteiger partial charge in [0.25, 0.3) is 0 Å². The summed E-state index contributed by atoms with van der Waals surface area (Å²) in [7, 11) is 0. The van der Waals surface area contributed by atoms with Crippen LogP contribution in [0.2, 0.25) is 0 Å². The molecule has 0 saturated heterocycles. The number of carbonyl (C=O) groups is 2. The largest absolute Gasteiger partial charge is 0.444 e. The maximum atomic E-state index is 12.1. The Hall–Kier alpha value is -1.15. The van der Waals surface area contributed by atoms with Gasteiger partial charge in [-0.15, -0.1) is 0 Å². The fraction of sp³-hybridized carbons (Fsp3) is 0.667. The lowest BCUT2D eigenvalue weighted by atomic mass is 9.89. The lowest BCUT2D eigenvalue weighted by Crippen LogP contribution is -2.40. The molecule has 2 amide bonds.